The third-order valence-corrected chi connectivity index (χ3v) is 4.02. The van der Waals surface area contributed by atoms with E-state index in [4.69, 9.17) is 0 Å². The number of imidazole rings is 1. The zero-order chi connectivity index (χ0) is 18.8. The number of carbonyl (C=O) groups is 1. The van der Waals surface area contributed by atoms with Crippen LogP contribution in [0.4, 0.5) is 11.4 Å². The number of nitro groups is 1. The Bertz CT molecular complexity index is 1050. The van der Waals surface area contributed by atoms with Crippen LogP contribution < -0.4 is 5.32 Å². The zero-order valence-corrected chi connectivity index (χ0v) is 14.7. The fourth-order valence-electron chi connectivity index (χ4n) is 2.72. The standard InChI is InChI=1S/C19H18N4O3/c1-12-8-9-22-13(2)16(21-19(22)10-12)6-4-15-5-7-17(20-14(3)24)18(11-15)23(25)26/h4-11H,1-3H3,(H,20,24)/b6-4+. The number of anilines is 1. The quantitative estimate of drug-likeness (QED) is 0.569. The molecule has 3 rings (SSSR count). The van der Waals surface area contributed by atoms with Crippen LogP contribution in [0, 0.1) is 24.0 Å². The van der Waals surface area contributed by atoms with Gasteiger partial charge in [0.05, 0.1) is 10.6 Å². The number of benzene rings is 1. The Balaban J connectivity index is 1.95. The molecule has 7 heteroatoms. The first-order valence-electron chi connectivity index (χ1n) is 8.04. The predicted octanol–water partition coefficient (Wildman–Crippen LogP) is 3.99. The van der Waals surface area contributed by atoms with Crippen molar-refractivity contribution in [2.45, 2.75) is 20.8 Å². The lowest BCUT2D eigenvalue weighted by Gasteiger charge is -2.04. The van der Waals surface area contributed by atoms with E-state index in [9.17, 15) is 14.9 Å². The highest BCUT2D eigenvalue weighted by molar-refractivity contribution is 5.91. The van der Waals surface area contributed by atoms with Crippen LogP contribution in [-0.2, 0) is 4.79 Å². The number of nitro benzene ring substituents is 1. The second-order valence-electron chi connectivity index (χ2n) is 6.06. The number of aryl methyl sites for hydroxylation is 2. The number of nitrogens with zero attached hydrogens (tertiary/aromatic N) is 3. The fraction of sp³-hybridized carbons (Fsp3) is 0.158. The molecular formula is C19H18N4O3. The molecule has 1 N–H and O–H groups in total. The SMILES string of the molecule is CC(=O)Nc1ccc(/C=C/c2nc3cc(C)ccn3c2C)cc1[N+](=O)[O-]. The first-order chi connectivity index (χ1) is 12.3. The third kappa shape index (κ3) is 3.46. The van der Waals surface area contributed by atoms with Crippen LogP contribution >= 0.6 is 0 Å². The highest BCUT2D eigenvalue weighted by Gasteiger charge is 2.15. The van der Waals surface area contributed by atoms with E-state index in [1.807, 2.05) is 42.7 Å². The van der Waals surface area contributed by atoms with Crippen molar-refractivity contribution in [1.29, 1.82) is 0 Å². The van der Waals surface area contributed by atoms with E-state index in [0.717, 1.165) is 22.6 Å². The molecule has 26 heavy (non-hydrogen) atoms. The molecular weight excluding hydrogens is 332 g/mol. The second kappa shape index (κ2) is 6.79. The van der Waals surface area contributed by atoms with Crippen LogP contribution in [0.1, 0.15) is 29.4 Å². The summed E-state index contributed by atoms with van der Waals surface area (Å²) in [5, 5.41) is 13.7. The number of rotatable bonds is 4. The summed E-state index contributed by atoms with van der Waals surface area (Å²) in [5.41, 5.74) is 4.45. The maximum absolute atomic E-state index is 11.2. The Hall–Kier alpha value is -3.48. The predicted molar refractivity (Wildman–Crippen MR) is 101 cm³/mol. The molecule has 0 saturated carbocycles. The van der Waals surface area contributed by atoms with Gasteiger partial charge >= 0.3 is 0 Å². The lowest BCUT2D eigenvalue weighted by Crippen LogP contribution is -2.08. The number of amides is 1. The average molecular weight is 350 g/mol. The molecule has 0 saturated heterocycles. The maximum Gasteiger partial charge on any atom is 0.293 e. The van der Waals surface area contributed by atoms with Crippen molar-refractivity contribution in [2.24, 2.45) is 0 Å². The van der Waals surface area contributed by atoms with E-state index in [2.05, 4.69) is 10.3 Å². The third-order valence-electron chi connectivity index (χ3n) is 4.02. The molecule has 7 nitrogen and oxygen atoms in total. The van der Waals surface area contributed by atoms with Gasteiger partial charge in [0.25, 0.3) is 5.69 Å². The van der Waals surface area contributed by atoms with Gasteiger partial charge in [-0.3, -0.25) is 14.9 Å². The van der Waals surface area contributed by atoms with Crippen molar-refractivity contribution in [3.8, 4) is 0 Å². The Labute approximate surface area is 150 Å². The lowest BCUT2D eigenvalue weighted by molar-refractivity contribution is -0.383. The molecule has 0 unspecified atom stereocenters. The van der Waals surface area contributed by atoms with Gasteiger partial charge in [-0.05, 0) is 49.2 Å². The minimum Gasteiger partial charge on any atom is -0.321 e. The van der Waals surface area contributed by atoms with Gasteiger partial charge in [-0.2, -0.15) is 0 Å². The number of aromatic nitrogens is 2. The largest absolute Gasteiger partial charge is 0.321 e. The first kappa shape index (κ1) is 17.3. The van der Waals surface area contributed by atoms with E-state index in [-0.39, 0.29) is 17.3 Å². The van der Waals surface area contributed by atoms with Crippen LogP contribution in [0.3, 0.4) is 0 Å². The summed E-state index contributed by atoms with van der Waals surface area (Å²) < 4.78 is 2.00. The smallest absolute Gasteiger partial charge is 0.293 e. The molecule has 2 aromatic heterocycles. The van der Waals surface area contributed by atoms with Crippen molar-refractivity contribution in [3.63, 3.8) is 0 Å². The summed E-state index contributed by atoms with van der Waals surface area (Å²) in [7, 11) is 0. The number of fused-ring (bicyclic) bond motifs is 1. The molecule has 0 radical (unpaired) electrons. The average Bonchev–Trinajstić information content (AvgIpc) is 2.88. The summed E-state index contributed by atoms with van der Waals surface area (Å²) in [6.07, 6.45) is 5.57. The van der Waals surface area contributed by atoms with Crippen molar-refractivity contribution >= 4 is 35.1 Å². The minimum absolute atomic E-state index is 0.148. The van der Waals surface area contributed by atoms with E-state index in [0.29, 0.717) is 5.56 Å². The highest BCUT2D eigenvalue weighted by atomic mass is 16.6. The summed E-state index contributed by atoms with van der Waals surface area (Å²) in [6.45, 7) is 5.29. The van der Waals surface area contributed by atoms with Gasteiger partial charge in [-0.1, -0.05) is 12.1 Å². The van der Waals surface area contributed by atoms with Gasteiger partial charge in [-0.25, -0.2) is 4.98 Å². The Morgan fingerprint density at radius 3 is 2.69 bits per heavy atom. The normalized spacial score (nSPS) is 11.2. The monoisotopic (exact) mass is 350 g/mol. The lowest BCUT2D eigenvalue weighted by atomic mass is 10.1. The molecule has 0 atom stereocenters. The fourth-order valence-corrected chi connectivity index (χ4v) is 2.72. The minimum atomic E-state index is -0.512. The number of carbonyl (C=O) groups excluding carboxylic acids is 1. The summed E-state index contributed by atoms with van der Waals surface area (Å²) in [6, 6.07) is 8.68. The summed E-state index contributed by atoms with van der Waals surface area (Å²) in [5.74, 6) is -0.355. The van der Waals surface area contributed by atoms with E-state index < -0.39 is 4.92 Å². The van der Waals surface area contributed by atoms with Crippen LogP contribution in [-0.4, -0.2) is 20.2 Å². The molecule has 0 aliphatic carbocycles. The van der Waals surface area contributed by atoms with Gasteiger partial charge in [-0.15, -0.1) is 0 Å². The molecule has 1 amide bonds. The molecule has 0 bridgehead atoms. The molecule has 3 aromatic rings. The van der Waals surface area contributed by atoms with Gasteiger partial charge < -0.3 is 9.72 Å². The van der Waals surface area contributed by atoms with E-state index in [1.165, 1.54) is 19.1 Å². The number of nitrogens with one attached hydrogen (secondary N) is 1. The van der Waals surface area contributed by atoms with Crippen molar-refractivity contribution in [1.82, 2.24) is 9.38 Å². The maximum atomic E-state index is 11.2. The van der Waals surface area contributed by atoms with Crippen LogP contribution in [0.5, 0.6) is 0 Å². The number of hydrogen-bond donors (Lipinski definition) is 1. The number of pyridine rings is 1. The van der Waals surface area contributed by atoms with Gasteiger partial charge in [0.1, 0.15) is 11.3 Å². The van der Waals surface area contributed by atoms with Crippen molar-refractivity contribution < 1.29 is 9.72 Å². The summed E-state index contributed by atoms with van der Waals surface area (Å²) >= 11 is 0. The van der Waals surface area contributed by atoms with Crippen molar-refractivity contribution in [2.75, 3.05) is 5.32 Å². The highest BCUT2D eigenvalue weighted by Crippen LogP contribution is 2.26. The van der Waals surface area contributed by atoms with Gasteiger partial charge in [0, 0.05) is 24.9 Å². The van der Waals surface area contributed by atoms with Crippen molar-refractivity contribution in [3.05, 3.63) is 69.2 Å². The molecule has 1 aromatic carbocycles. The molecule has 0 aliphatic heterocycles. The van der Waals surface area contributed by atoms with Gasteiger partial charge in [0.15, 0.2) is 0 Å². The topological polar surface area (TPSA) is 89.5 Å². The van der Waals surface area contributed by atoms with E-state index in [1.54, 1.807) is 12.1 Å². The van der Waals surface area contributed by atoms with Crippen LogP contribution in [0.15, 0.2) is 36.5 Å². The Morgan fingerprint density at radius 1 is 1.23 bits per heavy atom. The zero-order valence-electron chi connectivity index (χ0n) is 14.7. The Kier molecular flexibility index (Phi) is 4.53. The van der Waals surface area contributed by atoms with Crippen LogP contribution in [0.2, 0.25) is 0 Å². The molecule has 0 fully saturated rings. The van der Waals surface area contributed by atoms with Crippen LogP contribution in [0.25, 0.3) is 17.8 Å². The summed E-state index contributed by atoms with van der Waals surface area (Å²) in [4.78, 5) is 26.5. The molecule has 0 spiro atoms. The Morgan fingerprint density at radius 2 is 2.00 bits per heavy atom. The molecule has 0 aliphatic rings. The number of hydrogen-bond acceptors (Lipinski definition) is 4. The molecule has 132 valence electrons. The first-order valence-corrected chi connectivity index (χ1v) is 8.04. The molecule has 2 heterocycles. The second-order valence-corrected chi connectivity index (χ2v) is 6.06. The van der Waals surface area contributed by atoms with Gasteiger partial charge in [0.2, 0.25) is 5.91 Å². The van der Waals surface area contributed by atoms with E-state index >= 15 is 0 Å².